The SMILES string of the molecule is CCCn1cc(NS(=O)(=O)c2ccc(Cl)s2)ccc1=O. The third-order valence-electron chi connectivity index (χ3n) is 2.51. The molecule has 0 bridgehead atoms. The fourth-order valence-electron chi connectivity index (χ4n) is 1.65. The summed E-state index contributed by atoms with van der Waals surface area (Å²) in [6, 6.07) is 5.76. The van der Waals surface area contributed by atoms with E-state index < -0.39 is 10.0 Å². The minimum absolute atomic E-state index is 0.135. The summed E-state index contributed by atoms with van der Waals surface area (Å²) < 4.78 is 28.7. The molecule has 5 nitrogen and oxygen atoms in total. The molecule has 0 aromatic carbocycles. The van der Waals surface area contributed by atoms with Crippen LogP contribution in [0, 0.1) is 0 Å². The van der Waals surface area contributed by atoms with Crippen LogP contribution in [0.15, 0.2) is 39.5 Å². The molecule has 0 aliphatic heterocycles. The summed E-state index contributed by atoms with van der Waals surface area (Å²) in [5.74, 6) is 0. The van der Waals surface area contributed by atoms with Gasteiger partial charge in [0.1, 0.15) is 4.21 Å². The van der Waals surface area contributed by atoms with Crippen LogP contribution < -0.4 is 10.3 Å². The van der Waals surface area contributed by atoms with Crippen LogP contribution in [0.25, 0.3) is 0 Å². The lowest BCUT2D eigenvalue weighted by molar-refractivity contribution is 0.603. The zero-order valence-electron chi connectivity index (χ0n) is 10.7. The molecule has 0 radical (unpaired) electrons. The van der Waals surface area contributed by atoms with Crippen molar-refractivity contribution in [2.75, 3.05) is 4.72 Å². The molecule has 0 saturated carbocycles. The quantitative estimate of drug-likeness (QED) is 0.915. The van der Waals surface area contributed by atoms with Crippen LogP contribution in [-0.4, -0.2) is 13.0 Å². The summed E-state index contributed by atoms with van der Waals surface area (Å²) in [6.45, 7) is 2.48. The number of nitrogens with one attached hydrogen (secondary N) is 1. The van der Waals surface area contributed by atoms with E-state index in [-0.39, 0.29) is 9.77 Å². The van der Waals surface area contributed by atoms with Gasteiger partial charge in [-0.1, -0.05) is 18.5 Å². The number of anilines is 1. The standard InChI is InChI=1S/C12H13ClN2O3S2/c1-2-7-15-8-9(3-5-11(15)16)14-20(17,18)12-6-4-10(13)19-12/h3-6,8,14H,2,7H2,1H3. The van der Waals surface area contributed by atoms with Crippen LogP contribution in [0.5, 0.6) is 0 Å². The van der Waals surface area contributed by atoms with Crippen molar-refractivity contribution in [2.24, 2.45) is 0 Å². The number of aromatic nitrogens is 1. The summed E-state index contributed by atoms with van der Waals surface area (Å²) in [5, 5.41) is 0. The summed E-state index contributed by atoms with van der Waals surface area (Å²) in [5.41, 5.74) is 0.191. The number of pyridine rings is 1. The maximum absolute atomic E-state index is 12.1. The van der Waals surface area contributed by atoms with Crippen LogP contribution in [0.4, 0.5) is 5.69 Å². The maximum atomic E-state index is 12.1. The highest BCUT2D eigenvalue weighted by Gasteiger charge is 2.17. The van der Waals surface area contributed by atoms with E-state index in [1.165, 1.54) is 35.0 Å². The second-order valence-electron chi connectivity index (χ2n) is 4.11. The minimum Gasteiger partial charge on any atom is -0.313 e. The Balaban J connectivity index is 2.30. The third-order valence-corrected chi connectivity index (χ3v) is 5.62. The van der Waals surface area contributed by atoms with Crippen molar-refractivity contribution < 1.29 is 8.42 Å². The van der Waals surface area contributed by atoms with Gasteiger partial charge in [0, 0.05) is 18.8 Å². The molecular weight excluding hydrogens is 320 g/mol. The Morgan fingerprint density at radius 3 is 2.65 bits per heavy atom. The molecule has 20 heavy (non-hydrogen) atoms. The Kier molecular flexibility index (Phi) is 4.52. The summed E-state index contributed by atoms with van der Waals surface area (Å²) in [4.78, 5) is 11.6. The highest BCUT2D eigenvalue weighted by atomic mass is 35.5. The first kappa shape index (κ1) is 15.1. The van der Waals surface area contributed by atoms with Gasteiger partial charge in [-0.3, -0.25) is 9.52 Å². The van der Waals surface area contributed by atoms with Crippen molar-refractivity contribution >= 4 is 38.6 Å². The van der Waals surface area contributed by atoms with Crippen molar-refractivity contribution in [3.8, 4) is 0 Å². The predicted molar refractivity (Wildman–Crippen MR) is 81.1 cm³/mol. The largest absolute Gasteiger partial charge is 0.313 e. The molecular formula is C12H13ClN2O3S2. The molecule has 2 aromatic rings. The topological polar surface area (TPSA) is 68.2 Å². The van der Waals surface area contributed by atoms with Crippen LogP contribution in [0.1, 0.15) is 13.3 Å². The number of hydrogen-bond donors (Lipinski definition) is 1. The number of aryl methyl sites for hydroxylation is 1. The van der Waals surface area contributed by atoms with Crippen molar-refractivity contribution in [3.05, 3.63) is 45.2 Å². The molecule has 108 valence electrons. The van der Waals surface area contributed by atoms with E-state index >= 15 is 0 Å². The van der Waals surface area contributed by atoms with Gasteiger partial charge in [-0.25, -0.2) is 8.42 Å². The fourth-order valence-corrected chi connectivity index (χ4v) is 4.18. The molecule has 0 saturated heterocycles. The Morgan fingerprint density at radius 1 is 1.30 bits per heavy atom. The molecule has 2 heterocycles. The van der Waals surface area contributed by atoms with E-state index in [2.05, 4.69) is 4.72 Å². The lowest BCUT2D eigenvalue weighted by atomic mass is 10.4. The average molecular weight is 333 g/mol. The molecule has 1 N–H and O–H groups in total. The second kappa shape index (κ2) is 5.99. The number of halogens is 1. The summed E-state index contributed by atoms with van der Waals surface area (Å²) >= 11 is 6.72. The van der Waals surface area contributed by atoms with Gasteiger partial charge in [-0.05, 0) is 24.6 Å². The molecule has 0 aliphatic rings. The van der Waals surface area contributed by atoms with Gasteiger partial charge in [0.2, 0.25) is 0 Å². The van der Waals surface area contributed by atoms with E-state index in [0.717, 1.165) is 17.8 Å². The Labute approximate surface area is 125 Å². The van der Waals surface area contributed by atoms with Gasteiger partial charge in [0.05, 0.1) is 10.0 Å². The molecule has 2 aromatic heterocycles. The van der Waals surface area contributed by atoms with Gasteiger partial charge in [-0.2, -0.15) is 0 Å². The van der Waals surface area contributed by atoms with E-state index in [1.54, 1.807) is 0 Å². The highest BCUT2D eigenvalue weighted by molar-refractivity contribution is 7.94. The van der Waals surface area contributed by atoms with Gasteiger partial charge in [0.15, 0.2) is 0 Å². The molecule has 0 unspecified atom stereocenters. The van der Waals surface area contributed by atoms with Crippen LogP contribution in [-0.2, 0) is 16.6 Å². The number of sulfonamides is 1. The minimum atomic E-state index is -3.67. The smallest absolute Gasteiger partial charge is 0.271 e. The number of thiophene rings is 1. The average Bonchev–Trinajstić information content (AvgIpc) is 2.81. The Hall–Kier alpha value is -1.31. The zero-order valence-corrected chi connectivity index (χ0v) is 13.1. The van der Waals surface area contributed by atoms with Crippen LogP contribution in [0.2, 0.25) is 4.34 Å². The highest BCUT2D eigenvalue weighted by Crippen LogP contribution is 2.26. The van der Waals surface area contributed by atoms with E-state index in [9.17, 15) is 13.2 Å². The molecule has 2 rings (SSSR count). The second-order valence-corrected chi connectivity index (χ2v) is 7.74. The number of nitrogens with zero attached hydrogens (tertiary/aromatic N) is 1. The normalized spacial score (nSPS) is 11.5. The van der Waals surface area contributed by atoms with Crippen molar-refractivity contribution in [1.29, 1.82) is 0 Å². The number of rotatable bonds is 5. The van der Waals surface area contributed by atoms with E-state index in [1.807, 2.05) is 6.92 Å². The zero-order chi connectivity index (χ0) is 14.8. The molecule has 0 atom stereocenters. The lowest BCUT2D eigenvalue weighted by Crippen LogP contribution is -2.20. The van der Waals surface area contributed by atoms with Crippen LogP contribution in [0.3, 0.4) is 0 Å². The summed E-state index contributed by atoms with van der Waals surface area (Å²) in [7, 11) is -3.67. The van der Waals surface area contributed by atoms with Gasteiger partial charge < -0.3 is 4.57 Å². The van der Waals surface area contributed by atoms with Gasteiger partial charge >= 0.3 is 0 Å². The molecule has 0 aliphatic carbocycles. The number of hydrogen-bond acceptors (Lipinski definition) is 4. The first-order valence-corrected chi connectivity index (χ1v) is 8.59. The van der Waals surface area contributed by atoms with Crippen molar-refractivity contribution in [3.63, 3.8) is 0 Å². The Morgan fingerprint density at radius 2 is 2.05 bits per heavy atom. The molecule has 0 amide bonds. The van der Waals surface area contributed by atoms with Gasteiger partial charge in [0.25, 0.3) is 15.6 Å². The first-order valence-electron chi connectivity index (χ1n) is 5.91. The summed E-state index contributed by atoms with van der Waals surface area (Å²) in [6.07, 6.45) is 2.29. The third kappa shape index (κ3) is 3.41. The van der Waals surface area contributed by atoms with Crippen molar-refractivity contribution in [2.45, 2.75) is 24.1 Å². The Bertz CT molecular complexity index is 765. The van der Waals surface area contributed by atoms with Crippen LogP contribution >= 0.6 is 22.9 Å². The lowest BCUT2D eigenvalue weighted by Gasteiger charge is -2.09. The van der Waals surface area contributed by atoms with Gasteiger partial charge in [-0.15, -0.1) is 11.3 Å². The monoisotopic (exact) mass is 332 g/mol. The van der Waals surface area contributed by atoms with E-state index in [4.69, 9.17) is 11.6 Å². The fraction of sp³-hybridized carbons (Fsp3) is 0.250. The molecule has 0 fully saturated rings. The van der Waals surface area contributed by atoms with Crippen molar-refractivity contribution in [1.82, 2.24) is 4.57 Å². The predicted octanol–water partition coefficient (Wildman–Crippen LogP) is 2.77. The molecule has 8 heteroatoms. The van der Waals surface area contributed by atoms with E-state index in [0.29, 0.717) is 16.6 Å². The first-order chi connectivity index (χ1) is 9.42. The maximum Gasteiger partial charge on any atom is 0.271 e. The molecule has 0 spiro atoms.